The van der Waals surface area contributed by atoms with E-state index in [0.717, 1.165) is 38.0 Å². The molecule has 0 radical (unpaired) electrons. The molecule has 0 saturated carbocycles. The fraction of sp³-hybridized carbons (Fsp3) is 0.400. The molecule has 1 N–H and O–H groups in total. The highest BCUT2D eigenvalue weighted by molar-refractivity contribution is 5.94. The minimum absolute atomic E-state index is 0.0288. The molecule has 3 nitrogen and oxygen atoms in total. The van der Waals surface area contributed by atoms with Crippen LogP contribution in [-0.4, -0.2) is 36.5 Å². The van der Waals surface area contributed by atoms with Crippen LogP contribution in [0.2, 0.25) is 0 Å². The summed E-state index contributed by atoms with van der Waals surface area (Å²) in [5, 5.41) is 3.11. The number of carbonyl (C=O) groups is 1. The molecule has 1 saturated heterocycles. The molecule has 18 heavy (non-hydrogen) atoms. The number of nitrogens with zero attached hydrogens (tertiary/aromatic N) is 1. The molecule has 1 aromatic rings. The van der Waals surface area contributed by atoms with E-state index in [2.05, 4.69) is 16.8 Å². The van der Waals surface area contributed by atoms with E-state index in [1.807, 2.05) is 36.4 Å². The lowest BCUT2D eigenvalue weighted by Gasteiger charge is -2.32. The second-order valence-corrected chi connectivity index (χ2v) is 4.73. The molecule has 1 amide bonds. The van der Waals surface area contributed by atoms with Crippen molar-refractivity contribution in [2.24, 2.45) is 0 Å². The number of piperidine rings is 1. The van der Waals surface area contributed by atoms with Gasteiger partial charge in [-0.3, -0.25) is 9.69 Å². The molecule has 0 bridgehead atoms. The maximum absolute atomic E-state index is 12.0. The molecule has 1 aliphatic heterocycles. The van der Waals surface area contributed by atoms with E-state index in [9.17, 15) is 4.79 Å². The van der Waals surface area contributed by atoms with Crippen LogP contribution in [-0.2, 0) is 0 Å². The summed E-state index contributed by atoms with van der Waals surface area (Å²) in [5.41, 5.74) is 0.735. The van der Waals surface area contributed by atoms with Crippen LogP contribution in [0.1, 0.15) is 23.2 Å². The van der Waals surface area contributed by atoms with Crippen LogP contribution >= 0.6 is 0 Å². The second-order valence-electron chi connectivity index (χ2n) is 4.73. The van der Waals surface area contributed by atoms with Gasteiger partial charge in [0.2, 0.25) is 0 Å². The molecule has 1 heterocycles. The molecule has 2 rings (SSSR count). The molecule has 1 aliphatic rings. The van der Waals surface area contributed by atoms with Crippen molar-refractivity contribution in [3.8, 4) is 0 Å². The molecule has 1 aromatic carbocycles. The summed E-state index contributed by atoms with van der Waals surface area (Å²) in [5.74, 6) is 0.0288. The number of nitrogens with one attached hydrogen (secondary N) is 1. The molecule has 0 spiro atoms. The Labute approximate surface area is 108 Å². The van der Waals surface area contributed by atoms with Gasteiger partial charge in [-0.25, -0.2) is 0 Å². The van der Waals surface area contributed by atoms with Crippen molar-refractivity contribution >= 4 is 5.91 Å². The number of benzene rings is 1. The van der Waals surface area contributed by atoms with Gasteiger partial charge < -0.3 is 5.32 Å². The van der Waals surface area contributed by atoms with Crippen LogP contribution in [0.5, 0.6) is 0 Å². The van der Waals surface area contributed by atoms with Gasteiger partial charge in [-0.2, -0.15) is 0 Å². The molecule has 0 aromatic heterocycles. The highest BCUT2D eigenvalue weighted by Gasteiger charge is 2.20. The fourth-order valence-corrected chi connectivity index (χ4v) is 2.38. The summed E-state index contributed by atoms with van der Waals surface area (Å²) in [6, 6.07) is 9.65. The first-order valence-electron chi connectivity index (χ1n) is 6.49. The van der Waals surface area contributed by atoms with Crippen molar-refractivity contribution < 1.29 is 4.79 Å². The van der Waals surface area contributed by atoms with Crippen LogP contribution in [0.15, 0.2) is 43.0 Å². The maximum atomic E-state index is 12.0. The van der Waals surface area contributed by atoms with Crippen molar-refractivity contribution in [2.75, 3.05) is 19.6 Å². The van der Waals surface area contributed by atoms with Gasteiger partial charge in [0.15, 0.2) is 0 Å². The van der Waals surface area contributed by atoms with Crippen LogP contribution in [0.3, 0.4) is 0 Å². The first-order chi connectivity index (χ1) is 8.79. The molecule has 1 atom stereocenters. The molecule has 1 fully saturated rings. The summed E-state index contributed by atoms with van der Waals surface area (Å²) >= 11 is 0. The van der Waals surface area contributed by atoms with Gasteiger partial charge >= 0.3 is 0 Å². The van der Waals surface area contributed by atoms with Gasteiger partial charge in [-0.1, -0.05) is 24.3 Å². The summed E-state index contributed by atoms with van der Waals surface area (Å²) in [4.78, 5) is 14.4. The van der Waals surface area contributed by atoms with Gasteiger partial charge in [-0.15, -0.1) is 6.58 Å². The molecular formula is C15H20N2O. The number of hydrogen-bond donors (Lipinski definition) is 1. The first-order valence-corrected chi connectivity index (χ1v) is 6.49. The molecule has 96 valence electrons. The topological polar surface area (TPSA) is 32.3 Å². The standard InChI is InChI=1S/C15H20N2O/c1-2-10-17-11-6-9-14(12-17)16-15(18)13-7-4-3-5-8-13/h2-5,7-8,14H,1,6,9-12H2,(H,16,18). The average molecular weight is 244 g/mol. The van der Waals surface area contributed by atoms with E-state index in [1.54, 1.807) is 0 Å². The Kier molecular flexibility index (Phi) is 4.53. The third-order valence-electron chi connectivity index (χ3n) is 3.26. The van der Waals surface area contributed by atoms with Crippen molar-refractivity contribution in [1.29, 1.82) is 0 Å². The largest absolute Gasteiger partial charge is 0.348 e. The number of likely N-dealkylation sites (tertiary alicyclic amines) is 1. The Morgan fingerprint density at radius 1 is 1.44 bits per heavy atom. The molecule has 3 heteroatoms. The number of amides is 1. The maximum Gasteiger partial charge on any atom is 0.251 e. The van der Waals surface area contributed by atoms with Crippen molar-refractivity contribution in [3.05, 3.63) is 48.6 Å². The third-order valence-corrected chi connectivity index (χ3v) is 3.26. The van der Waals surface area contributed by atoms with Gasteiger partial charge in [0.25, 0.3) is 5.91 Å². The number of rotatable bonds is 4. The van der Waals surface area contributed by atoms with E-state index in [4.69, 9.17) is 0 Å². The van der Waals surface area contributed by atoms with E-state index >= 15 is 0 Å². The zero-order chi connectivity index (χ0) is 12.8. The fourth-order valence-electron chi connectivity index (χ4n) is 2.38. The van der Waals surface area contributed by atoms with Crippen molar-refractivity contribution in [1.82, 2.24) is 10.2 Å². The summed E-state index contributed by atoms with van der Waals surface area (Å²) in [7, 11) is 0. The lowest BCUT2D eigenvalue weighted by molar-refractivity contribution is 0.0908. The predicted molar refractivity (Wildman–Crippen MR) is 73.6 cm³/mol. The Morgan fingerprint density at radius 2 is 2.22 bits per heavy atom. The summed E-state index contributed by atoms with van der Waals surface area (Å²) < 4.78 is 0. The van der Waals surface area contributed by atoms with Gasteiger partial charge in [0.1, 0.15) is 0 Å². The Hall–Kier alpha value is -1.61. The molecule has 1 unspecified atom stereocenters. The van der Waals surface area contributed by atoms with Crippen molar-refractivity contribution in [3.63, 3.8) is 0 Å². The zero-order valence-corrected chi connectivity index (χ0v) is 10.6. The highest BCUT2D eigenvalue weighted by Crippen LogP contribution is 2.10. The first kappa shape index (κ1) is 12.8. The normalized spacial score (nSPS) is 20.3. The molecular weight excluding hydrogens is 224 g/mol. The van der Waals surface area contributed by atoms with E-state index in [-0.39, 0.29) is 11.9 Å². The van der Waals surface area contributed by atoms with E-state index in [1.165, 1.54) is 0 Å². The second kappa shape index (κ2) is 6.36. The third kappa shape index (κ3) is 3.44. The number of hydrogen-bond acceptors (Lipinski definition) is 2. The predicted octanol–water partition coefficient (Wildman–Crippen LogP) is 2.07. The lowest BCUT2D eigenvalue weighted by Crippen LogP contribution is -2.47. The Bertz CT molecular complexity index is 402. The minimum atomic E-state index is 0.0288. The number of carbonyl (C=O) groups excluding carboxylic acids is 1. The van der Waals surface area contributed by atoms with Crippen molar-refractivity contribution in [2.45, 2.75) is 18.9 Å². The SMILES string of the molecule is C=CCN1CCCC(NC(=O)c2ccccc2)C1. The van der Waals surface area contributed by atoms with Crippen LogP contribution < -0.4 is 5.32 Å². The van der Waals surface area contributed by atoms with E-state index < -0.39 is 0 Å². The summed E-state index contributed by atoms with van der Waals surface area (Å²) in [6.07, 6.45) is 4.11. The van der Waals surface area contributed by atoms with Gasteiger partial charge in [0.05, 0.1) is 0 Å². The highest BCUT2D eigenvalue weighted by atomic mass is 16.1. The zero-order valence-electron chi connectivity index (χ0n) is 10.6. The van der Waals surface area contributed by atoms with Gasteiger partial charge in [-0.05, 0) is 31.5 Å². The van der Waals surface area contributed by atoms with Crippen LogP contribution in [0, 0.1) is 0 Å². The summed E-state index contributed by atoms with van der Waals surface area (Å²) in [6.45, 7) is 6.68. The Balaban J connectivity index is 1.89. The van der Waals surface area contributed by atoms with Crippen LogP contribution in [0.4, 0.5) is 0 Å². The lowest BCUT2D eigenvalue weighted by atomic mass is 10.1. The van der Waals surface area contributed by atoms with Crippen LogP contribution in [0.25, 0.3) is 0 Å². The van der Waals surface area contributed by atoms with Gasteiger partial charge in [0, 0.05) is 24.7 Å². The average Bonchev–Trinajstić information content (AvgIpc) is 2.40. The monoisotopic (exact) mass is 244 g/mol. The molecule has 0 aliphatic carbocycles. The van der Waals surface area contributed by atoms with E-state index in [0.29, 0.717) is 0 Å². The smallest absolute Gasteiger partial charge is 0.251 e. The Morgan fingerprint density at radius 3 is 2.94 bits per heavy atom. The minimum Gasteiger partial charge on any atom is -0.348 e. The quantitative estimate of drug-likeness (QED) is 0.822.